The van der Waals surface area contributed by atoms with Crippen molar-refractivity contribution in [3.63, 3.8) is 0 Å². The van der Waals surface area contributed by atoms with Crippen molar-refractivity contribution >= 4 is 10.9 Å². The lowest BCUT2D eigenvalue weighted by atomic mass is 10.2. The maximum atomic E-state index is 13.1. The first-order valence-corrected chi connectivity index (χ1v) is 6.49. The first-order chi connectivity index (χ1) is 10.4. The molecule has 22 heavy (non-hydrogen) atoms. The van der Waals surface area contributed by atoms with Crippen LogP contribution in [0.25, 0.3) is 10.9 Å². The number of alkyl halides is 3. The van der Waals surface area contributed by atoms with E-state index in [1.165, 1.54) is 24.3 Å². The largest absolute Gasteiger partial charge is 0.487 e. The molecule has 0 saturated heterocycles. The Morgan fingerprint density at radius 2 is 1.68 bits per heavy atom. The summed E-state index contributed by atoms with van der Waals surface area (Å²) in [6, 6.07) is 10.7. The number of aromatic amines is 1. The smallest absolute Gasteiger partial charge is 0.416 e. The highest BCUT2D eigenvalue weighted by atomic mass is 19.4. The molecule has 6 heteroatoms. The Morgan fingerprint density at radius 3 is 2.36 bits per heavy atom. The van der Waals surface area contributed by atoms with Crippen LogP contribution in [-0.2, 0) is 12.8 Å². The summed E-state index contributed by atoms with van der Waals surface area (Å²) in [5.74, 6) is -0.0117. The topological polar surface area (TPSA) is 25.0 Å². The summed E-state index contributed by atoms with van der Waals surface area (Å²) in [6.45, 7) is 0.154. The molecule has 0 aliphatic heterocycles. The molecule has 0 aliphatic rings. The Labute approximate surface area is 123 Å². The van der Waals surface area contributed by atoms with E-state index in [4.69, 9.17) is 4.74 Å². The molecule has 1 N–H and O–H groups in total. The predicted octanol–water partition coefficient (Wildman–Crippen LogP) is 4.90. The fourth-order valence-electron chi connectivity index (χ4n) is 2.14. The molecule has 1 heterocycles. The summed E-state index contributed by atoms with van der Waals surface area (Å²) in [5, 5.41) is 0.840. The minimum Gasteiger partial charge on any atom is -0.487 e. The first-order valence-electron chi connectivity index (χ1n) is 6.49. The van der Waals surface area contributed by atoms with Crippen LogP contribution in [-0.4, -0.2) is 4.98 Å². The van der Waals surface area contributed by atoms with Gasteiger partial charge >= 0.3 is 6.18 Å². The van der Waals surface area contributed by atoms with E-state index >= 15 is 0 Å². The Morgan fingerprint density at radius 1 is 0.955 bits per heavy atom. The summed E-state index contributed by atoms with van der Waals surface area (Å²) in [5.41, 5.74) is 0.632. The van der Waals surface area contributed by atoms with E-state index in [9.17, 15) is 17.6 Å². The van der Waals surface area contributed by atoms with E-state index in [1.54, 1.807) is 12.1 Å². The minimum absolute atomic E-state index is 0.154. The second-order valence-electron chi connectivity index (χ2n) is 4.84. The van der Waals surface area contributed by atoms with Crippen LogP contribution in [0.5, 0.6) is 5.75 Å². The highest BCUT2D eigenvalue weighted by molar-refractivity contribution is 5.80. The zero-order valence-electron chi connectivity index (χ0n) is 11.2. The Bertz CT molecular complexity index is 790. The highest BCUT2D eigenvalue weighted by Gasteiger charge is 2.29. The van der Waals surface area contributed by atoms with Crippen molar-refractivity contribution in [1.29, 1.82) is 0 Å². The summed E-state index contributed by atoms with van der Waals surface area (Å²) < 4.78 is 55.8. The van der Waals surface area contributed by atoms with Gasteiger partial charge in [0.2, 0.25) is 0 Å². The lowest BCUT2D eigenvalue weighted by molar-refractivity contribution is -0.137. The van der Waals surface area contributed by atoms with Crippen LogP contribution in [0, 0.1) is 5.82 Å². The number of H-pyrrole nitrogens is 1. The third-order valence-electron chi connectivity index (χ3n) is 3.22. The Hall–Kier alpha value is -2.50. The van der Waals surface area contributed by atoms with Gasteiger partial charge < -0.3 is 9.72 Å². The van der Waals surface area contributed by atoms with Crippen molar-refractivity contribution in [2.75, 3.05) is 0 Å². The number of hydrogen-bond acceptors (Lipinski definition) is 1. The summed E-state index contributed by atoms with van der Waals surface area (Å²) in [4.78, 5) is 3.00. The Kier molecular flexibility index (Phi) is 3.52. The maximum Gasteiger partial charge on any atom is 0.416 e. The molecule has 3 aromatic rings. The fourth-order valence-corrected chi connectivity index (χ4v) is 2.14. The van der Waals surface area contributed by atoms with Gasteiger partial charge in [-0.25, -0.2) is 4.39 Å². The summed E-state index contributed by atoms with van der Waals surface area (Å²) in [6.07, 6.45) is -4.36. The highest BCUT2D eigenvalue weighted by Crippen LogP contribution is 2.30. The predicted molar refractivity (Wildman–Crippen MR) is 74.0 cm³/mol. The van der Waals surface area contributed by atoms with Gasteiger partial charge in [0.15, 0.2) is 0 Å². The van der Waals surface area contributed by atoms with Crippen LogP contribution in [0.4, 0.5) is 17.6 Å². The van der Waals surface area contributed by atoms with E-state index in [0.29, 0.717) is 17.0 Å². The first kappa shape index (κ1) is 14.4. The number of ether oxygens (including phenoxy) is 1. The van der Waals surface area contributed by atoms with Gasteiger partial charge in [0.05, 0.1) is 11.3 Å². The van der Waals surface area contributed by atoms with Crippen molar-refractivity contribution in [3.05, 3.63) is 65.6 Å². The number of nitrogens with one attached hydrogen (secondary N) is 1. The minimum atomic E-state index is -4.36. The van der Waals surface area contributed by atoms with Gasteiger partial charge in [0.1, 0.15) is 18.2 Å². The van der Waals surface area contributed by atoms with Gasteiger partial charge in [0.25, 0.3) is 0 Å². The number of rotatable bonds is 3. The number of halogens is 4. The molecule has 0 saturated carbocycles. The lowest BCUT2D eigenvalue weighted by Crippen LogP contribution is -2.04. The number of benzene rings is 2. The van der Waals surface area contributed by atoms with Crippen LogP contribution >= 0.6 is 0 Å². The second kappa shape index (κ2) is 5.36. The van der Waals surface area contributed by atoms with Gasteiger partial charge in [-0.3, -0.25) is 0 Å². The van der Waals surface area contributed by atoms with Crippen molar-refractivity contribution in [3.8, 4) is 5.75 Å². The van der Waals surface area contributed by atoms with Gasteiger partial charge in [-0.2, -0.15) is 13.2 Å². The van der Waals surface area contributed by atoms with E-state index in [1.807, 2.05) is 0 Å². The Balaban J connectivity index is 1.71. The zero-order valence-corrected chi connectivity index (χ0v) is 11.2. The van der Waals surface area contributed by atoms with Crippen LogP contribution < -0.4 is 4.74 Å². The molecule has 3 rings (SSSR count). The molecule has 0 amide bonds. The van der Waals surface area contributed by atoms with Crippen LogP contribution in [0.2, 0.25) is 0 Å². The molecule has 1 aromatic heterocycles. The van der Waals surface area contributed by atoms with Crippen molar-refractivity contribution in [2.24, 2.45) is 0 Å². The number of fused-ring (bicyclic) bond motifs is 1. The average molecular weight is 309 g/mol. The van der Waals surface area contributed by atoms with Crippen molar-refractivity contribution in [2.45, 2.75) is 12.8 Å². The molecule has 0 fully saturated rings. The molecule has 2 nitrogen and oxygen atoms in total. The lowest BCUT2D eigenvalue weighted by Gasteiger charge is -2.08. The van der Waals surface area contributed by atoms with E-state index < -0.39 is 11.7 Å². The molecule has 0 atom stereocenters. The summed E-state index contributed by atoms with van der Waals surface area (Å²) >= 11 is 0. The van der Waals surface area contributed by atoms with Crippen LogP contribution in [0.1, 0.15) is 11.3 Å². The quantitative estimate of drug-likeness (QED) is 0.684. The molecule has 0 spiro atoms. The monoisotopic (exact) mass is 309 g/mol. The van der Waals surface area contributed by atoms with Gasteiger partial charge in [-0.1, -0.05) is 0 Å². The number of aromatic nitrogens is 1. The molecule has 0 bridgehead atoms. The normalized spacial score (nSPS) is 11.8. The average Bonchev–Trinajstić information content (AvgIpc) is 2.86. The third kappa shape index (κ3) is 3.05. The second-order valence-corrected chi connectivity index (χ2v) is 4.84. The van der Waals surface area contributed by atoms with Crippen molar-refractivity contribution < 1.29 is 22.3 Å². The molecule has 2 aromatic carbocycles. The molecule has 0 radical (unpaired) electrons. The molecular formula is C16H11F4NO. The molecule has 0 aliphatic carbocycles. The molecular weight excluding hydrogens is 298 g/mol. The summed E-state index contributed by atoms with van der Waals surface area (Å²) in [7, 11) is 0. The SMILES string of the molecule is Fc1ccc2cc(COc3ccc(C(F)(F)F)cc3)[nH]c2c1. The third-order valence-corrected chi connectivity index (χ3v) is 3.22. The fraction of sp³-hybridized carbons (Fsp3) is 0.125. The van der Waals surface area contributed by atoms with Crippen LogP contribution in [0.3, 0.4) is 0 Å². The maximum absolute atomic E-state index is 13.1. The van der Waals surface area contributed by atoms with E-state index in [0.717, 1.165) is 17.5 Å². The van der Waals surface area contributed by atoms with Crippen LogP contribution in [0.15, 0.2) is 48.5 Å². The standard InChI is InChI=1S/C16H11F4NO/c17-12-4-1-10-7-13(21-15(10)8-12)9-22-14-5-2-11(3-6-14)16(18,19)20/h1-8,21H,9H2. The van der Waals surface area contributed by atoms with Gasteiger partial charge in [-0.15, -0.1) is 0 Å². The zero-order chi connectivity index (χ0) is 15.7. The molecule has 114 valence electrons. The van der Waals surface area contributed by atoms with Crippen molar-refractivity contribution in [1.82, 2.24) is 4.98 Å². The van der Waals surface area contributed by atoms with E-state index in [-0.39, 0.29) is 12.4 Å². The number of hydrogen-bond donors (Lipinski definition) is 1. The van der Waals surface area contributed by atoms with Gasteiger partial charge in [-0.05, 0) is 53.9 Å². The van der Waals surface area contributed by atoms with E-state index in [2.05, 4.69) is 4.98 Å². The molecule has 0 unspecified atom stereocenters. The van der Waals surface area contributed by atoms with Gasteiger partial charge in [0, 0.05) is 5.52 Å².